The van der Waals surface area contributed by atoms with Crippen LogP contribution in [0.3, 0.4) is 0 Å². The average molecular weight is 486 g/mol. The molecule has 6 rings (SSSR count). The smallest absolute Gasteiger partial charge is 0.253 e. The number of aromatic nitrogens is 2. The van der Waals surface area contributed by atoms with Gasteiger partial charge in [0.2, 0.25) is 5.91 Å². The molecule has 9 nitrogen and oxygen atoms in total. The summed E-state index contributed by atoms with van der Waals surface area (Å²) in [7, 11) is 0. The van der Waals surface area contributed by atoms with Crippen molar-refractivity contribution in [3.63, 3.8) is 0 Å². The molecule has 0 radical (unpaired) electrons. The highest BCUT2D eigenvalue weighted by atomic mass is 16.5. The Morgan fingerprint density at radius 1 is 1.08 bits per heavy atom. The molecule has 2 atom stereocenters. The van der Waals surface area contributed by atoms with Crippen LogP contribution in [0.5, 0.6) is 5.75 Å². The number of nitrogens with zero attached hydrogens (tertiary/aromatic N) is 3. The molecule has 0 bridgehead atoms. The number of ether oxygens (including phenoxy) is 2. The highest BCUT2D eigenvalue weighted by Crippen LogP contribution is 2.44. The SMILES string of the molecule is CC1Oc2cc(N3CCCC3=O)ccc2-c2cnc(Nc3cncc(NC(=O)C4CCCO4)c3)cc21. The number of rotatable bonds is 5. The number of fused-ring (bicyclic) bond motifs is 3. The molecule has 5 heterocycles. The summed E-state index contributed by atoms with van der Waals surface area (Å²) in [6, 6.07) is 9.71. The number of pyridine rings is 2. The Balaban J connectivity index is 1.21. The van der Waals surface area contributed by atoms with E-state index >= 15 is 0 Å². The Bertz CT molecular complexity index is 1340. The lowest BCUT2D eigenvalue weighted by atomic mass is 9.94. The van der Waals surface area contributed by atoms with Gasteiger partial charge in [0.05, 0.1) is 23.8 Å². The monoisotopic (exact) mass is 485 g/mol. The van der Waals surface area contributed by atoms with E-state index in [1.165, 1.54) is 0 Å². The van der Waals surface area contributed by atoms with Crippen LogP contribution >= 0.6 is 0 Å². The molecule has 1 aromatic carbocycles. The van der Waals surface area contributed by atoms with Gasteiger partial charge in [-0.25, -0.2) is 4.98 Å². The molecule has 2 saturated heterocycles. The lowest BCUT2D eigenvalue weighted by Gasteiger charge is -2.28. The van der Waals surface area contributed by atoms with Crippen molar-refractivity contribution in [1.82, 2.24) is 9.97 Å². The molecule has 3 aromatic rings. The van der Waals surface area contributed by atoms with Crippen LogP contribution in [0.2, 0.25) is 0 Å². The molecule has 3 aliphatic heterocycles. The summed E-state index contributed by atoms with van der Waals surface area (Å²) in [4.78, 5) is 35.2. The Labute approximate surface area is 208 Å². The van der Waals surface area contributed by atoms with Crippen LogP contribution in [0.15, 0.2) is 48.9 Å². The van der Waals surface area contributed by atoms with Crippen molar-refractivity contribution in [2.24, 2.45) is 0 Å². The molecule has 36 heavy (non-hydrogen) atoms. The topological polar surface area (TPSA) is 106 Å². The molecule has 2 amide bonds. The second-order valence-corrected chi connectivity index (χ2v) is 9.32. The van der Waals surface area contributed by atoms with E-state index < -0.39 is 6.10 Å². The highest BCUT2D eigenvalue weighted by Gasteiger charge is 2.27. The van der Waals surface area contributed by atoms with Gasteiger partial charge in [-0.2, -0.15) is 0 Å². The Morgan fingerprint density at radius 3 is 2.78 bits per heavy atom. The maximum Gasteiger partial charge on any atom is 0.253 e. The lowest BCUT2D eigenvalue weighted by molar-refractivity contribution is -0.124. The molecule has 0 aliphatic carbocycles. The standard InChI is InChI=1S/C27H27N5O4/c1-16-21-12-25(30-17-10-18(14-28-13-17)31-27(34)23-4-3-9-35-23)29-15-22(21)20-7-6-19(11-24(20)36-16)32-8-2-5-26(32)33/h6-7,10-16,23H,2-5,8-9H2,1H3,(H,29,30)(H,31,34). The highest BCUT2D eigenvalue weighted by molar-refractivity contribution is 5.96. The number of hydrogen-bond acceptors (Lipinski definition) is 7. The van der Waals surface area contributed by atoms with E-state index in [0.717, 1.165) is 53.9 Å². The van der Waals surface area contributed by atoms with Crippen LogP contribution in [0, 0.1) is 0 Å². The number of anilines is 4. The number of hydrogen-bond donors (Lipinski definition) is 2. The third-order valence-corrected chi connectivity index (χ3v) is 6.82. The van der Waals surface area contributed by atoms with Gasteiger partial charge in [-0.1, -0.05) is 0 Å². The maximum atomic E-state index is 12.4. The van der Waals surface area contributed by atoms with Crippen molar-refractivity contribution < 1.29 is 19.1 Å². The minimum Gasteiger partial charge on any atom is -0.485 e. The first-order chi connectivity index (χ1) is 17.5. The number of carbonyl (C=O) groups excluding carboxylic acids is 2. The van der Waals surface area contributed by atoms with Crippen molar-refractivity contribution in [3.05, 3.63) is 54.5 Å². The number of benzene rings is 1. The predicted octanol–water partition coefficient (Wildman–Crippen LogP) is 4.58. The van der Waals surface area contributed by atoms with Crippen LogP contribution in [-0.2, 0) is 14.3 Å². The van der Waals surface area contributed by atoms with E-state index in [9.17, 15) is 9.59 Å². The molecule has 2 fully saturated rings. The zero-order valence-corrected chi connectivity index (χ0v) is 20.0. The minimum atomic E-state index is -0.403. The second kappa shape index (κ2) is 9.23. The first kappa shape index (κ1) is 22.5. The average Bonchev–Trinajstić information content (AvgIpc) is 3.56. The van der Waals surface area contributed by atoms with Gasteiger partial charge in [0, 0.05) is 54.2 Å². The Morgan fingerprint density at radius 2 is 1.97 bits per heavy atom. The van der Waals surface area contributed by atoms with Crippen LogP contribution in [0.4, 0.5) is 22.9 Å². The fraction of sp³-hybridized carbons (Fsp3) is 0.333. The zero-order chi connectivity index (χ0) is 24.6. The van der Waals surface area contributed by atoms with E-state index in [4.69, 9.17) is 9.47 Å². The molecule has 184 valence electrons. The Kier molecular flexibility index (Phi) is 5.77. The van der Waals surface area contributed by atoms with E-state index in [1.807, 2.05) is 48.4 Å². The molecule has 2 N–H and O–H groups in total. The van der Waals surface area contributed by atoms with Crippen molar-refractivity contribution >= 4 is 34.7 Å². The summed E-state index contributed by atoms with van der Waals surface area (Å²) >= 11 is 0. The van der Waals surface area contributed by atoms with Crippen LogP contribution < -0.4 is 20.3 Å². The fourth-order valence-corrected chi connectivity index (χ4v) is 5.01. The maximum absolute atomic E-state index is 12.4. The van der Waals surface area contributed by atoms with Gasteiger partial charge < -0.3 is 25.0 Å². The third-order valence-electron chi connectivity index (χ3n) is 6.82. The van der Waals surface area contributed by atoms with Crippen molar-refractivity contribution in [2.45, 2.75) is 44.8 Å². The van der Waals surface area contributed by atoms with E-state index in [0.29, 0.717) is 30.2 Å². The first-order valence-electron chi connectivity index (χ1n) is 12.3. The summed E-state index contributed by atoms with van der Waals surface area (Å²) in [5.74, 6) is 1.41. The Hall–Kier alpha value is -3.98. The molecular formula is C27H27N5O4. The first-order valence-corrected chi connectivity index (χ1v) is 12.3. The second-order valence-electron chi connectivity index (χ2n) is 9.32. The molecule has 3 aliphatic rings. The predicted molar refractivity (Wildman–Crippen MR) is 135 cm³/mol. The van der Waals surface area contributed by atoms with Gasteiger partial charge in [-0.3, -0.25) is 14.6 Å². The quantitative estimate of drug-likeness (QED) is 0.545. The van der Waals surface area contributed by atoms with Gasteiger partial charge >= 0.3 is 0 Å². The molecule has 2 aromatic heterocycles. The number of carbonyl (C=O) groups is 2. The zero-order valence-electron chi connectivity index (χ0n) is 20.0. The lowest BCUT2D eigenvalue weighted by Crippen LogP contribution is -2.26. The molecular weight excluding hydrogens is 458 g/mol. The van der Waals surface area contributed by atoms with Crippen LogP contribution in [-0.4, -0.2) is 41.0 Å². The van der Waals surface area contributed by atoms with E-state index in [1.54, 1.807) is 12.4 Å². The van der Waals surface area contributed by atoms with Gasteiger partial charge in [-0.05, 0) is 50.5 Å². The van der Waals surface area contributed by atoms with E-state index in [-0.39, 0.29) is 17.9 Å². The fourth-order valence-electron chi connectivity index (χ4n) is 5.01. The normalized spacial score (nSPS) is 20.5. The number of amides is 2. The largest absolute Gasteiger partial charge is 0.485 e. The summed E-state index contributed by atoms with van der Waals surface area (Å²) in [5, 5.41) is 6.15. The summed E-state index contributed by atoms with van der Waals surface area (Å²) in [6.07, 6.45) is 7.65. The van der Waals surface area contributed by atoms with Crippen LogP contribution in [0.25, 0.3) is 11.1 Å². The van der Waals surface area contributed by atoms with Gasteiger partial charge in [0.15, 0.2) is 0 Å². The summed E-state index contributed by atoms with van der Waals surface area (Å²) < 4.78 is 11.7. The van der Waals surface area contributed by atoms with Crippen molar-refractivity contribution in [1.29, 1.82) is 0 Å². The molecule has 2 unspecified atom stereocenters. The van der Waals surface area contributed by atoms with E-state index in [2.05, 4.69) is 20.6 Å². The molecule has 9 heteroatoms. The third kappa shape index (κ3) is 4.26. The van der Waals surface area contributed by atoms with Gasteiger partial charge in [0.25, 0.3) is 5.91 Å². The molecule has 0 saturated carbocycles. The van der Waals surface area contributed by atoms with Crippen LogP contribution in [0.1, 0.15) is 44.3 Å². The summed E-state index contributed by atoms with van der Waals surface area (Å²) in [5.41, 5.74) is 5.15. The van der Waals surface area contributed by atoms with Gasteiger partial charge in [0.1, 0.15) is 23.8 Å². The van der Waals surface area contributed by atoms with Crippen molar-refractivity contribution in [3.8, 4) is 16.9 Å². The number of nitrogens with one attached hydrogen (secondary N) is 2. The minimum absolute atomic E-state index is 0.153. The van der Waals surface area contributed by atoms with Gasteiger partial charge in [-0.15, -0.1) is 0 Å². The van der Waals surface area contributed by atoms with Crippen molar-refractivity contribution in [2.75, 3.05) is 28.7 Å². The molecule has 0 spiro atoms. The summed E-state index contributed by atoms with van der Waals surface area (Å²) in [6.45, 7) is 3.37.